The lowest BCUT2D eigenvalue weighted by atomic mass is 9.99. The summed E-state index contributed by atoms with van der Waals surface area (Å²) in [6, 6.07) is 4.62. The highest BCUT2D eigenvalue weighted by Gasteiger charge is 2.43. The molecule has 1 aromatic rings. The fraction of sp³-hybridized carbons (Fsp3) is 0.684. The van der Waals surface area contributed by atoms with E-state index < -0.39 is 0 Å². The van der Waals surface area contributed by atoms with Crippen molar-refractivity contribution < 1.29 is 9.53 Å². The van der Waals surface area contributed by atoms with Crippen LogP contribution in [0.5, 0.6) is 5.75 Å². The number of nitrogens with zero attached hydrogens (tertiary/aromatic N) is 2. The van der Waals surface area contributed by atoms with Crippen LogP contribution in [0.25, 0.3) is 0 Å². The Balaban J connectivity index is 1.32. The fourth-order valence-electron chi connectivity index (χ4n) is 4.56. The first-order valence-electron chi connectivity index (χ1n) is 9.29. The fourth-order valence-corrected chi connectivity index (χ4v) is 5.75. The van der Waals surface area contributed by atoms with Gasteiger partial charge in [-0.15, -0.1) is 11.8 Å². The maximum absolute atomic E-state index is 12.7. The molecular weight excluding hydrogens is 320 g/mol. The van der Waals surface area contributed by atoms with E-state index in [-0.39, 0.29) is 6.10 Å². The third-order valence-electron chi connectivity index (χ3n) is 5.66. The van der Waals surface area contributed by atoms with Gasteiger partial charge in [0.25, 0.3) is 0 Å². The van der Waals surface area contributed by atoms with Gasteiger partial charge in [0.2, 0.25) is 5.91 Å². The van der Waals surface area contributed by atoms with Gasteiger partial charge in [0.05, 0.1) is 11.9 Å². The highest BCUT2D eigenvalue weighted by molar-refractivity contribution is 8.00. The molecule has 1 amide bonds. The molecule has 2 unspecified atom stereocenters. The van der Waals surface area contributed by atoms with Crippen molar-refractivity contribution >= 4 is 17.7 Å². The third-order valence-corrected chi connectivity index (χ3v) is 7.02. The molecule has 2 aliphatic heterocycles. The van der Waals surface area contributed by atoms with E-state index in [0.29, 0.717) is 23.7 Å². The van der Waals surface area contributed by atoms with Crippen LogP contribution in [0.2, 0.25) is 0 Å². The second-order valence-corrected chi connectivity index (χ2v) is 8.59. The quantitative estimate of drug-likeness (QED) is 0.816. The highest BCUT2D eigenvalue weighted by atomic mass is 32.2. The van der Waals surface area contributed by atoms with Gasteiger partial charge < -0.3 is 9.64 Å². The van der Waals surface area contributed by atoms with Crippen molar-refractivity contribution in [3.63, 3.8) is 0 Å². The number of carbonyl (C=O) groups is 1. The molecule has 2 atom stereocenters. The van der Waals surface area contributed by atoms with Gasteiger partial charge in [0, 0.05) is 36.4 Å². The van der Waals surface area contributed by atoms with Crippen molar-refractivity contribution in [3.05, 3.63) is 24.5 Å². The lowest BCUT2D eigenvalue weighted by Crippen LogP contribution is -2.50. The number of fused-ring (bicyclic) bond motifs is 2. The lowest BCUT2D eigenvalue weighted by Gasteiger charge is -2.39. The number of rotatable bonds is 5. The van der Waals surface area contributed by atoms with Gasteiger partial charge in [-0.25, -0.2) is 0 Å². The van der Waals surface area contributed by atoms with Crippen molar-refractivity contribution in [2.24, 2.45) is 0 Å². The molecule has 1 aromatic heterocycles. The molecule has 4 rings (SSSR count). The van der Waals surface area contributed by atoms with E-state index in [1.54, 1.807) is 12.4 Å². The largest absolute Gasteiger partial charge is 0.489 e. The maximum atomic E-state index is 12.7. The maximum Gasteiger partial charge on any atom is 0.233 e. The number of thioether (sulfide) groups is 1. The van der Waals surface area contributed by atoms with E-state index in [9.17, 15) is 4.79 Å². The van der Waals surface area contributed by atoms with E-state index in [0.717, 1.165) is 36.7 Å². The summed E-state index contributed by atoms with van der Waals surface area (Å²) in [5.74, 6) is 1.88. The summed E-state index contributed by atoms with van der Waals surface area (Å²) in [4.78, 5) is 19.1. The first kappa shape index (κ1) is 16.2. The van der Waals surface area contributed by atoms with Crippen molar-refractivity contribution in [2.75, 3.05) is 5.75 Å². The molecule has 0 N–H and O–H groups in total. The van der Waals surface area contributed by atoms with Crippen LogP contribution in [-0.4, -0.2) is 45.0 Å². The molecule has 2 bridgehead atoms. The minimum Gasteiger partial charge on any atom is -0.489 e. The summed E-state index contributed by atoms with van der Waals surface area (Å²) < 4.78 is 6.10. The number of carbonyl (C=O) groups excluding carboxylic acids is 1. The van der Waals surface area contributed by atoms with E-state index in [1.807, 2.05) is 23.9 Å². The van der Waals surface area contributed by atoms with Crippen molar-refractivity contribution in [1.82, 2.24) is 9.88 Å². The summed E-state index contributed by atoms with van der Waals surface area (Å²) in [7, 11) is 0. The van der Waals surface area contributed by atoms with Crippen molar-refractivity contribution in [1.29, 1.82) is 0 Å². The molecule has 0 spiro atoms. The van der Waals surface area contributed by atoms with E-state index >= 15 is 0 Å². The normalized spacial score (nSPS) is 29.8. The number of hydrogen-bond donors (Lipinski definition) is 0. The zero-order valence-corrected chi connectivity index (χ0v) is 14.9. The second kappa shape index (κ2) is 7.34. The Bertz CT molecular complexity index is 548. The van der Waals surface area contributed by atoms with E-state index in [2.05, 4.69) is 9.88 Å². The SMILES string of the molecule is O=C(CSC1CCCC1)N1C2CCC1CC(Oc1cccnc1)C2. The van der Waals surface area contributed by atoms with Crippen LogP contribution >= 0.6 is 11.8 Å². The Morgan fingerprint density at radius 2 is 1.96 bits per heavy atom. The summed E-state index contributed by atoms with van der Waals surface area (Å²) in [5, 5.41) is 0.720. The first-order chi connectivity index (χ1) is 11.8. The van der Waals surface area contributed by atoms with E-state index in [1.165, 1.54) is 25.7 Å². The summed E-state index contributed by atoms with van der Waals surface area (Å²) >= 11 is 1.89. The van der Waals surface area contributed by atoms with Gasteiger partial charge in [-0.2, -0.15) is 0 Å². The van der Waals surface area contributed by atoms with Gasteiger partial charge in [0.15, 0.2) is 0 Å². The molecule has 5 heteroatoms. The zero-order chi connectivity index (χ0) is 16.4. The molecule has 3 heterocycles. The number of piperidine rings is 1. The Kier molecular flexibility index (Phi) is 4.97. The van der Waals surface area contributed by atoms with Crippen molar-refractivity contribution in [3.8, 4) is 5.75 Å². The summed E-state index contributed by atoms with van der Waals surface area (Å²) in [6.07, 6.45) is 13.2. The number of pyridine rings is 1. The first-order valence-corrected chi connectivity index (χ1v) is 10.3. The molecule has 3 fully saturated rings. The van der Waals surface area contributed by atoms with Gasteiger partial charge >= 0.3 is 0 Å². The Labute approximate surface area is 148 Å². The molecule has 1 saturated carbocycles. The topological polar surface area (TPSA) is 42.4 Å². The summed E-state index contributed by atoms with van der Waals surface area (Å²) in [6.45, 7) is 0. The predicted octanol–water partition coefficient (Wildman–Crippen LogP) is 3.66. The third kappa shape index (κ3) is 3.56. The molecule has 24 heavy (non-hydrogen) atoms. The van der Waals surface area contributed by atoms with Crippen LogP contribution in [0.3, 0.4) is 0 Å². The number of aromatic nitrogens is 1. The predicted molar refractivity (Wildman–Crippen MR) is 96.3 cm³/mol. The molecule has 4 nitrogen and oxygen atoms in total. The Morgan fingerprint density at radius 1 is 1.21 bits per heavy atom. The molecule has 1 aliphatic carbocycles. The standard InChI is InChI=1S/C19H26N2O2S/c22-19(13-24-18-5-1-2-6-18)21-14-7-8-15(21)11-17(10-14)23-16-4-3-9-20-12-16/h3-4,9,12,14-15,17-18H,1-2,5-8,10-11,13H2. The Hall–Kier alpha value is -1.23. The van der Waals surface area contributed by atoms with Gasteiger partial charge in [0.1, 0.15) is 11.9 Å². The van der Waals surface area contributed by atoms with Crippen LogP contribution < -0.4 is 4.74 Å². The molecule has 3 aliphatic rings. The average Bonchev–Trinajstić information content (AvgIpc) is 3.20. The van der Waals surface area contributed by atoms with Crippen molar-refractivity contribution in [2.45, 2.75) is 74.8 Å². The minimum atomic E-state index is 0.221. The van der Waals surface area contributed by atoms with Crippen LogP contribution in [0, 0.1) is 0 Å². The van der Waals surface area contributed by atoms with Gasteiger partial charge in [-0.1, -0.05) is 12.8 Å². The molecule has 0 radical (unpaired) electrons. The second-order valence-electron chi connectivity index (χ2n) is 7.30. The van der Waals surface area contributed by atoms with Crippen LogP contribution in [0.15, 0.2) is 24.5 Å². The van der Waals surface area contributed by atoms with Crippen LogP contribution in [0.1, 0.15) is 51.4 Å². The minimum absolute atomic E-state index is 0.221. The van der Waals surface area contributed by atoms with Crippen LogP contribution in [0.4, 0.5) is 0 Å². The number of hydrogen-bond acceptors (Lipinski definition) is 4. The average molecular weight is 346 g/mol. The molecule has 0 aromatic carbocycles. The lowest BCUT2D eigenvalue weighted by molar-refractivity contribution is -0.134. The zero-order valence-electron chi connectivity index (χ0n) is 14.1. The monoisotopic (exact) mass is 346 g/mol. The van der Waals surface area contributed by atoms with Gasteiger partial charge in [-0.05, 0) is 37.8 Å². The molecular formula is C19H26N2O2S. The highest BCUT2D eigenvalue weighted by Crippen LogP contribution is 2.38. The molecule has 2 saturated heterocycles. The summed E-state index contributed by atoms with van der Waals surface area (Å²) in [5.41, 5.74) is 0. The van der Waals surface area contributed by atoms with Crippen LogP contribution in [-0.2, 0) is 4.79 Å². The van der Waals surface area contributed by atoms with Gasteiger partial charge in [-0.3, -0.25) is 9.78 Å². The molecule has 130 valence electrons. The smallest absolute Gasteiger partial charge is 0.233 e. The Morgan fingerprint density at radius 3 is 2.62 bits per heavy atom. The van der Waals surface area contributed by atoms with E-state index in [4.69, 9.17) is 4.74 Å². The number of amides is 1. The number of ether oxygens (including phenoxy) is 1.